The number of carboxylic acid groups (broad SMARTS) is 1. The molecule has 0 fully saturated rings. The maximum Gasteiger partial charge on any atom is 0.336 e. The number of carbonyl (C=O) groups is 1. The number of benzene rings is 2. The van der Waals surface area contributed by atoms with Gasteiger partial charge in [-0.2, -0.15) is 0 Å². The van der Waals surface area contributed by atoms with Crippen molar-refractivity contribution < 1.29 is 14.6 Å². The van der Waals surface area contributed by atoms with E-state index in [0.717, 1.165) is 22.4 Å². The van der Waals surface area contributed by atoms with Gasteiger partial charge in [0.25, 0.3) is 0 Å². The number of aromatic carboxylic acids is 1. The van der Waals surface area contributed by atoms with Gasteiger partial charge in [0.15, 0.2) is 0 Å². The van der Waals surface area contributed by atoms with Crippen LogP contribution in [0.1, 0.15) is 42.6 Å². The fourth-order valence-electron chi connectivity index (χ4n) is 2.95. The number of fused-ring (bicyclic) bond motifs is 1. The summed E-state index contributed by atoms with van der Waals surface area (Å²) in [5.74, 6) is 0.0993. The quantitative estimate of drug-likeness (QED) is 0.703. The molecule has 0 unspecified atom stereocenters. The third-order valence-corrected chi connectivity index (χ3v) is 4.18. The molecule has 0 saturated heterocycles. The molecule has 0 aliphatic heterocycles. The van der Waals surface area contributed by atoms with Gasteiger partial charge in [0.2, 0.25) is 0 Å². The van der Waals surface area contributed by atoms with Crippen LogP contribution >= 0.6 is 0 Å². The summed E-state index contributed by atoms with van der Waals surface area (Å²) in [5.41, 5.74) is 3.60. The van der Waals surface area contributed by atoms with Crippen LogP contribution in [0.15, 0.2) is 48.5 Å². The molecular weight excluding hydrogens is 314 g/mol. The van der Waals surface area contributed by atoms with E-state index in [0.29, 0.717) is 17.7 Å². The van der Waals surface area contributed by atoms with E-state index in [9.17, 15) is 9.90 Å². The van der Waals surface area contributed by atoms with Gasteiger partial charge in [-0.25, -0.2) is 9.78 Å². The van der Waals surface area contributed by atoms with Crippen LogP contribution in [0.5, 0.6) is 5.75 Å². The first-order chi connectivity index (χ1) is 12.0. The molecule has 0 saturated carbocycles. The van der Waals surface area contributed by atoms with Crippen LogP contribution in [0.4, 0.5) is 0 Å². The molecule has 128 valence electrons. The first kappa shape index (κ1) is 17.0. The third-order valence-electron chi connectivity index (χ3n) is 4.18. The van der Waals surface area contributed by atoms with E-state index in [4.69, 9.17) is 9.72 Å². The Hall–Kier alpha value is -2.88. The molecule has 4 nitrogen and oxygen atoms in total. The standard InChI is InChI=1S/C21H21NO3/c1-4-25-15-10-8-14(9-11-15)19-12-18(21(23)24)17-7-5-6-16(13(2)3)20(17)22-19/h5-13H,4H2,1-3H3,(H,23,24). The van der Waals surface area contributed by atoms with Gasteiger partial charge in [-0.1, -0.05) is 32.0 Å². The van der Waals surface area contributed by atoms with Gasteiger partial charge >= 0.3 is 5.97 Å². The summed E-state index contributed by atoms with van der Waals surface area (Å²) < 4.78 is 5.46. The summed E-state index contributed by atoms with van der Waals surface area (Å²) in [6, 6.07) is 14.9. The zero-order valence-corrected chi connectivity index (χ0v) is 14.6. The van der Waals surface area contributed by atoms with Crippen LogP contribution < -0.4 is 4.74 Å². The number of carboxylic acids is 1. The van der Waals surface area contributed by atoms with Crippen LogP contribution in [-0.4, -0.2) is 22.7 Å². The van der Waals surface area contributed by atoms with Crippen molar-refractivity contribution in [3.05, 3.63) is 59.7 Å². The molecule has 2 aromatic carbocycles. The van der Waals surface area contributed by atoms with Gasteiger partial charge in [-0.05, 0) is 48.7 Å². The second-order valence-corrected chi connectivity index (χ2v) is 6.22. The van der Waals surface area contributed by atoms with Crippen molar-refractivity contribution in [2.24, 2.45) is 0 Å². The monoisotopic (exact) mass is 335 g/mol. The summed E-state index contributed by atoms with van der Waals surface area (Å²) in [5, 5.41) is 10.3. The number of aromatic nitrogens is 1. The van der Waals surface area contributed by atoms with Crippen molar-refractivity contribution in [2.45, 2.75) is 26.7 Å². The summed E-state index contributed by atoms with van der Waals surface area (Å²) in [6.45, 7) is 6.71. The predicted octanol–water partition coefficient (Wildman–Crippen LogP) is 5.12. The van der Waals surface area contributed by atoms with Gasteiger partial charge in [0.1, 0.15) is 5.75 Å². The van der Waals surface area contributed by atoms with Crippen LogP contribution in [-0.2, 0) is 0 Å². The second-order valence-electron chi connectivity index (χ2n) is 6.22. The van der Waals surface area contributed by atoms with E-state index < -0.39 is 5.97 Å². The Morgan fingerprint density at radius 1 is 1.16 bits per heavy atom. The van der Waals surface area contributed by atoms with Crippen molar-refractivity contribution in [3.8, 4) is 17.0 Å². The van der Waals surface area contributed by atoms with Gasteiger partial charge in [-0.15, -0.1) is 0 Å². The van der Waals surface area contributed by atoms with Crippen molar-refractivity contribution >= 4 is 16.9 Å². The van der Waals surface area contributed by atoms with Crippen LogP contribution in [0.25, 0.3) is 22.2 Å². The number of pyridine rings is 1. The number of hydrogen-bond acceptors (Lipinski definition) is 3. The van der Waals surface area contributed by atoms with E-state index in [1.54, 1.807) is 6.07 Å². The first-order valence-electron chi connectivity index (χ1n) is 8.41. The summed E-state index contributed by atoms with van der Waals surface area (Å²) in [6.07, 6.45) is 0. The Balaban J connectivity index is 2.21. The number of nitrogens with zero attached hydrogens (tertiary/aromatic N) is 1. The van der Waals surface area contributed by atoms with E-state index in [-0.39, 0.29) is 11.5 Å². The van der Waals surface area contributed by atoms with E-state index in [1.165, 1.54) is 0 Å². The minimum absolute atomic E-state index is 0.258. The Labute approximate surface area is 147 Å². The highest BCUT2D eigenvalue weighted by Crippen LogP contribution is 2.30. The highest BCUT2D eigenvalue weighted by Gasteiger charge is 2.16. The second kappa shape index (κ2) is 6.93. The molecule has 3 aromatic rings. The van der Waals surface area contributed by atoms with Crippen molar-refractivity contribution in [3.63, 3.8) is 0 Å². The molecule has 0 bridgehead atoms. The molecular formula is C21H21NO3. The zero-order valence-electron chi connectivity index (χ0n) is 14.6. The maximum absolute atomic E-state index is 11.8. The Morgan fingerprint density at radius 2 is 1.88 bits per heavy atom. The number of hydrogen-bond donors (Lipinski definition) is 1. The average Bonchev–Trinajstić information content (AvgIpc) is 2.61. The molecule has 0 radical (unpaired) electrons. The lowest BCUT2D eigenvalue weighted by Gasteiger charge is -2.13. The molecule has 25 heavy (non-hydrogen) atoms. The molecule has 0 amide bonds. The molecule has 1 heterocycles. The molecule has 3 rings (SSSR count). The molecule has 1 aromatic heterocycles. The normalized spacial score (nSPS) is 11.0. The van der Waals surface area contributed by atoms with Gasteiger partial charge in [0, 0.05) is 10.9 Å². The topological polar surface area (TPSA) is 59.4 Å². The minimum atomic E-state index is -0.944. The van der Waals surface area contributed by atoms with Gasteiger partial charge in [0.05, 0.1) is 23.4 Å². The zero-order chi connectivity index (χ0) is 18.0. The van der Waals surface area contributed by atoms with Crippen molar-refractivity contribution in [1.29, 1.82) is 0 Å². The van der Waals surface area contributed by atoms with Crippen LogP contribution in [0.3, 0.4) is 0 Å². The van der Waals surface area contributed by atoms with Crippen molar-refractivity contribution in [2.75, 3.05) is 6.61 Å². The maximum atomic E-state index is 11.8. The number of ether oxygens (including phenoxy) is 1. The van der Waals surface area contributed by atoms with E-state index in [2.05, 4.69) is 13.8 Å². The van der Waals surface area contributed by atoms with Crippen molar-refractivity contribution in [1.82, 2.24) is 4.98 Å². The molecule has 0 aliphatic carbocycles. The predicted molar refractivity (Wildman–Crippen MR) is 99.4 cm³/mol. The lowest BCUT2D eigenvalue weighted by Crippen LogP contribution is -2.02. The fourth-order valence-corrected chi connectivity index (χ4v) is 2.95. The smallest absolute Gasteiger partial charge is 0.336 e. The SMILES string of the molecule is CCOc1ccc(-c2cc(C(=O)O)c3cccc(C(C)C)c3n2)cc1. The molecule has 0 spiro atoms. The highest BCUT2D eigenvalue weighted by atomic mass is 16.5. The lowest BCUT2D eigenvalue weighted by molar-refractivity contribution is 0.0699. The largest absolute Gasteiger partial charge is 0.494 e. The van der Waals surface area contributed by atoms with E-state index in [1.807, 2.05) is 49.4 Å². The highest BCUT2D eigenvalue weighted by molar-refractivity contribution is 6.04. The third kappa shape index (κ3) is 3.33. The summed E-state index contributed by atoms with van der Waals surface area (Å²) in [4.78, 5) is 16.6. The minimum Gasteiger partial charge on any atom is -0.494 e. The average molecular weight is 335 g/mol. The Morgan fingerprint density at radius 3 is 2.48 bits per heavy atom. The number of rotatable bonds is 5. The molecule has 0 atom stereocenters. The van der Waals surface area contributed by atoms with Gasteiger partial charge < -0.3 is 9.84 Å². The lowest BCUT2D eigenvalue weighted by atomic mass is 9.96. The molecule has 0 aliphatic rings. The first-order valence-corrected chi connectivity index (χ1v) is 8.41. The Kier molecular flexibility index (Phi) is 4.70. The molecule has 4 heteroatoms. The Bertz CT molecular complexity index is 914. The fraction of sp³-hybridized carbons (Fsp3) is 0.238. The van der Waals surface area contributed by atoms with Crippen LogP contribution in [0, 0.1) is 0 Å². The van der Waals surface area contributed by atoms with E-state index >= 15 is 0 Å². The summed E-state index contributed by atoms with van der Waals surface area (Å²) >= 11 is 0. The number of para-hydroxylation sites is 1. The van der Waals surface area contributed by atoms with Gasteiger partial charge in [-0.3, -0.25) is 0 Å². The summed E-state index contributed by atoms with van der Waals surface area (Å²) in [7, 11) is 0. The molecule has 1 N–H and O–H groups in total. The van der Waals surface area contributed by atoms with Crippen LogP contribution in [0.2, 0.25) is 0 Å².